The third-order valence-electron chi connectivity index (χ3n) is 12.4. The number of amides is 4. The molecule has 320 valence electrons. The van der Waals surface area contributed by atoms with E-state index in [0.717, 1.165) is 16.5 Å². The van der Waals surface area contributed by atoms with Crippen molar-refractivity contribution in [3.05, 3.63) is 163 Å². The molecule has 3 heterocycles. The lowest BCUT2D eigenvalue weighted by molar-refractivity contribution is -0.384. The van der Waals surface area contributed by atoms with Crippen molar-refractivity contribution in [3.8, 4) is 11.5 Å². The second kappa shape index (κ2) is 15.5. The second-order valence-corrected chi connectivity index (χ2v) is 16.5. The molecule has 9 rings (SSSR count). The van der Waals surface area contributed by atoms with Gasteiger partial charge in [-0.25, -0.2) is 9.88 Å². The Labute approximate surface area is 365 Å². The van der Waals surface area contributed by atoms with E-state index in [1.54, 1.807) is 30.3 Å². The summed E-state index contributed by atoms with van der Waals surface area (Å²) in [6.45, 7) is 0.154. The van der Waals surface area contributed by atoms with E-state index in [-0.39, 0.29) is 53.4 Å². The Morgan fingerprint density at radius 3 is 2.33 bits per heavy atom. The first-order valence-electron chi connectivity index (χ1n) is 19.5. The number of fused-ring (bicyclic) bond motifs is 4. The molecule has 6 atom stereocenters. The van der Waals surface area contributed by atoms with Crippen molar-refractivity contribution in [2.24, 2.45) is 23.7 Å². The molecule has 13 nitrogen and oxygen atoms in total. The maximum absolute atomic E-state index is 15.5. The van der Waals surface area contributed by atoms with Crippen LogP contribution in [-0.2, 0) is 37.4 Å². The molecule has 3 fully saturated rings. The molecule has 1 aromatic heterocycles. The molecule has 4 amide bonds. The summed E-state index contributed by atoms with van der Waals surface area (Å²) in [5, 5.41) is 24.1. The third-order valence-corrected chi connectivity index (χ3v) is 13.0. The van der Waals surface area contributed by atoms with Crippen LogP contribution in [0.2, 0.25) is 10.0 Å². The van der Waals surface area contributed by atoms with E-state index < -0.39 is 86.1 Å². The van der Waals surface area contributed by atoms with Gasteiger partial charge >= 0.3 is 6.18 Å². The number of rotatable bonds is 9. The fraction of sp³-hybridized carbons (Fsp3) is 0.222. The third kappa shape index (κ3) is 6.84. The number of nitrogens with zero attached hydrogens (tertiary/aromatic N) is 4. The molecule has 63 heavy (non-hydrogen) atoms. The largest absolute Gasteiger partial charge is 0.508 e. The van der Waals surface area contributed by atoms with Crippen LogP contribution >= 0.6 is 23.2 Å². The number of halogens is 5. The summed E-state index contributed by atoms with van der Waals surface area (Å²) in [7, 11) is 0. The quantitative estimate of drug-likeness (QED) is 0.0631. The SMILES string of the molecule is O=C1C2CC3C(=CCC4C(=O)N(c5cccc([N+](=O)[O-])c5)C(=O)C43)C(c3ccc(OCc4ccccc4)cc3O)C2(c2ccc(Cl)cc2)C(=O)N1Nc1ncc(C(F)(F)F)cc1Cl. The van der Waals surface area contributed by atoms with Gasteiger partial charge in [-0.1, -0.05) is 89.4 Å². The Bertz CT molecular complexity index is 2770. The number of nitro benzene ring substituents is 1. The molecule has 6 unspecified atom stereocenters. The van der Waals surface area contributed by atoms with Crippen LogP contribution in [0.15, 0.2) is 121 Å². The monoisotopic (exact) mass is 897 g/mol. The molecule has 1 saturated carbocycles. The lowest BCUT2D eigenvalue weighted by Gasteiger charge is -2.50. The van der Waals surface area contributed by atoms with E-state index in [4.69, 9.17) is 27.9 Å². The normalized spacial score (nSPS) is 24.1. The van der Waals surface area contributed by atoms with Gasteiger partial charge in [0, 0.05) is 40.9 Å². The number of hydrogen-bond donors (Lipinski definition) is 2. The number of carbonyl (C=O) groups is 4. The number of alkyl halides is 3. The summed E-state index contributed by atoms with van der Waals surface area (Å²) >= 11 is 12.6. The van der Waals surface area contributed by atoms with Gasteiger partial charge in [-0.2, -0.15) is 18.2 Å². The highest BCUT2D eigenvalue weighted by Crippen LogP contribution is 2.65. The summed E-state index contributed by atoms with van der Waals surface area (Å²) in [6, 6.07) is 25.7. The highest BCUT2D eigenvalue weighted by atomic mass is 35.5. The van der Waals surface area contributed by atoms with Crippen molar-refractivity contribution in [1.29, 1.82) is 0 Å². The minimum Gasteiger partial charge on any atom is -0.508 e. The number of benzene rings is 4. The van der Waals surface area contributed by atoms with Gasteiger partial charge in [-0.05, 0) is 60.2 Å². The van der Waals surface area contributed by atoms with Gasteiger partial charge in [0.15, 0.2) is 5.82 Å². The predicted octanol–water partition coefficient (Wildman–Crippen LogP) is 8.79. The summed E-state index contributed by atoms with van der Waals surface area (Å²) in [5.41, 5.74) is 0.897. The zero-order valence-corrected chi connectivity index (χ0v) is 34.0. The van der Waals surface area contributed by atoms with Crippen LogP contribution in [0.3, 0.4) is 0 Å². The van der Waals surface area contributed by atoms with Gasteiger partial charge in [0.2, 0.25) is 11.8 Å². The molecule has 2 N–H and O–H groups in total. The van der Waals surface area contributed by atoms with Gasteiger partial charge in [0.1, 0.15) is 18.1 Å². The number of nitrogens with one attached hydrogen (secondary N) is 1. The van der Waals surface area contributed by atoms with Crippen molar-refractivity contribution in [1.82, 2.24) is 9.99 Å². The van der Waals surface area contributed by atoms with Crippen molar-refractivity contribution < 1.29 is 47.1 Å². The highest BCUT2D eigenvalue weighted by molar-refractivity contribution is 6.33. The number of non-ortho nitro benzene ring substituents is 1. The molecule has 5 aromatic rings. The summed E-state index contributed by atoms with van der Waals surface area (Å²) in [6.07, 6.45) is -2.75. The Hall–Kier alpha value is -6.78. The maximum Gasteiger partial charge on any atom is 0.417 e. The van der Waals surface area contributed by atoms with Crippen molar-refractivity contribution >= 4 is 64.0 Å². The van der Waals surface area contributed by atoms with Crippen LogP contribution in [0.1, 0.15) is 41.0 Å². The smallest absolute Gasteiger partial charge is 0.417 e. The van der Waals surface area contributed by atoms with Crippen LogP contribution in [-0.4, -0.2) is 43.7 Å². The van der Waals surface area contributed by atoms with Gasteiger partial charge in [0.25, 0.3) is 17.5 Å². The van der Waals surface area contributed by atoms with Crippen LogP contribution in [0.25, 0.3) is 0 Å². The van der Waals surface area contributed by atoms with Crippen LogP contribution < -0.4 is 15.1 Å². The number of carbonyl (C=O) groups excluding carboxylic acids is 4. The molecular formula is C45H32Cl2F3N5O8. The number of imide groups is 2. The van der Waals surface area contributed by atoms with Gasteiger partial charge in [-0.15, -0.1) is 0 Å². The van der Waals surface area contributed by atoms with E-state index in [0.29, 0.717) is 27.9 Å². The molecule has 0 bridgehead atoms. The number of allylic oxidation sites excluding steroid dienone is 2. The summed E-state index contributed by atoms with van der Waals surface area (Å²) in [5.74, 6) is -9.01. The average Bonchev–Trinajstić information content (AvgIpc) is 3.64. The lowest BCUT2D eigenvalue weighted by Crippen LogP contribution is -2.53. The zero-order valence-electron chi connectivity index (χ0n) is 32.5. The predicted molar refractivity (Wildman–Crippen MR) is 221 cm³/mol. The first-order valence-corrected chi connectivity index (χ1v) is 20.3. The number of aromatic nitrogens is 1. The Kier molecular flexibility index (Phi) is 10.3. The Balaban J connectivity index is 1.20. The number of nitro groups is 1. The molecule has 2 saturated heterocycles. The van der Waals surface area contributed by atoms with E-state index in [1.165, 1.54) is 36.4 Å². The Morgan fingerprint density at radius 2 is 1.65 bits per heavy atom. The fourth-order valence-corrected chi connectivity index (χ4v) is 10.1. The number of phenols is 1. The minimum atomic E-state index is -4.80. The minimum absolute atomic E-state index is 0.00141. The molecule has 0 spiro atoms. The Morgan fingerprint density at radius 1 is 0.905 bits per heavy atom. The molecule has 2 aliphatic heterocycles. The molecular weight excluding hydrogens is 866 g/mol. The molecule has 0 radical (unpaired) electrons. The topological polar surface area (TPSA) is 172 Å². The number of aromatic hydroxyl groups is 1. The number of anilines is 2. The number of phenolic OH excluding ortho intramolecular Hbond substituents is 1. The zero-order chi connectivity index (χ0) is 44.5. The van der Waals surface area contributed by atoms with E-state index >= 15 is 9.59 Å². The average molecular weight is 899 g/mol. The molecule has 4 aliphatic rings. The van der Waals surface area contributed by atoms with E-state index in [2.05, 4.69) is 10.4 Å². The van der Waals surface area contributed by atoms with Crippen LogP contribution in [0, 0.1) is 33.8 Å². The number of pyridine rings is 1. The van der Waals surface area contributed by atoms with Gasteiger partial charge in [0.05, 0.1) is 44.4 Å². The molecule has 2 aliphatic carbocycles. The van der Waals surface area contributed by atoms with E-state index in [1.807, 2.05) is 30.3 Å². The highest BCUT2D eigenvalue weighted by Gasteiger charge is 2.71. The lowest BCUT2D eigenvalue weighted by atomic mass is 9.49. The first-order chi connectivity index (χ1) is 30.1. The number of hydrazine groups is 1. The molecule has 18 heteroatoms. The summed E-state index contributed by atoms with van der Waals surface area (Å²) < 4.78 is 46.8. The van der Waals surface area contributed by atoms with Crippen LogP contribution in [0.5, 0.6) is 11.5 Å². The van der Waals surface area contributed by atoms with Crippen LogP contribution in [0.4, 0.5) is 30.4 Å². The van der Waals surface area contributed by atoms with Crippen molar-refractivity contribution in [2.75, 3.05) is 10.3 Å². The maximum atomic E-state index is 15.5. The van der Waals surface area contributed by atoms with E-state index in [9.17, 15) is 38.0 Å². The summed E-state index contributed by atoms with van der Waals surface area (Å²) in [4.78, 5) is 75.1. The second-order valence-electron chi connectivity index (χ2n) is 15.7. The van der Waals surface area contributed by atoms with Gasteiger partial charge in [-0.3, -0.25) is 34.7 Å². The number of hydrogen-bond acceptors (Lipinski definition) is 10. The molecule has 4 aromatic carbocycles. The standard InChI is InChI=1S/C45H32Cl2F3N5O8/c46-26-11-9-24(10-12-26)44-34(41(58)54(43(44)60)52-39-35(47)17-25(21-51-39)45(48,49)50)20-33-30(38(44)31-14-13-29(19-36(31)56)63-22-23-5-2-1-3-6-23)15-16-32-37(33)42(59)53(40(32)57)27-7-4-8-28(18-27)55(61)62/h1-15,17-19,21,32-34,37-38,56H,16,20,22H2,(H,51,52). The first kappa shape index (κ1) is 41.6. The van der Waals surface area contributed by atoms with Gasteiger partial charge < -0.3 is 9.84 Å². The van der Waals surface area contributed by atoms with Crippen molar-refractivity contribution in [3.63, 3.8) is 0 Å². The fourth-order valence-electron chi connectivity index (χ4n) is 9.73. The van der Waals surface area contributed by atoms with Crippen molar-refractivity contribution in [2.45, 2.75) is 37.0 Å². The number of ether oxygens (including phenoxy) is 1.